The van der Waals surface area contributed by atoms with E-state index in [9.17, 15) is 0 Å². The second-order valence-electron chi connectivity index (χ2n) is 4.91. The third-order valence-electron chi connectivity index (χ3n) is 3.40. The van der Waals surface area contributed by atoms with Crippen molar-refractivity contribution in [2.24, 2.45) is 11.7 Å². The molecule has 2 N–H and O–H groups in total. The molecule has 88 valence electrons. The number of aromatic nitrogens is 1. The van der Waals surface area contributed by atoms with Crippen LogP contribution in [0.15, 0.2) is 18.3 Å². The van der Waals surface area contributed by atoms with Gasteiger partial charge in [0, 0.05) is 25.3 Å². The van der Waals surface area contributed by atoms with Gasteiger partial charge in [-0.3, -0.25) is 0 Å². The first-order chi connectivity index (χ1) is 7.66. The van der Waals surface area contributed by atoms with Crippen LogP contribution in [0, 0.1) is 5.92 Å². The zero-order chi connectivity index (χ0) is 11.5. The van der Waals surface area contributed by atoms with E-state index in [0.29, 0.717) is 0 Å². The molecule has 0 aliphatic carbocycles. The van der Waals surface area contributed by atoms with E-state index in [1.807, 2.05) is 19.2 Å². The number of nitrogens with two attached hydrogens (primary N) is 1. The molecule has 1 aromatic rings. The third-order valence-corrected chi connectivity index (χ3v) is 3.40. The summed E-state index contributed by atoms with van der Waals surface area (Å²) in [4.78, 5) is 6.81. The normalized spacial score (nSPS) is 19.8. The molecule has 0 spiro atoms. The Morgan fingerprint density at radius 1 is 1.44 bits per heavy atom. The van der Waals surface area contributed by atoms with Crippen LogP contribution in [0.25, 0.3) is 0 Å². The number of rotatable bonds is 2. The molecule has 3 nitrogen and oxygen atoms in total. The number of anilines is 1. The number of piperidine rings is 1. The summed E-state index contributed by atoms with van der Waals surface area (Å²) < 4.78 is 0. The molecule has 0 amide bonds. The summed E-state index contributed by atoms with van der Waals surface area (Å²) in [6, 6.07) is 4.21. The van der Waals surface area contributed by atoms with Crippen molar-refractivity contribution in [1.82, 2.24) is 4.98 Å². The van der Waals surface area contributed by atoms with E-state index in [-0.39, 0.29) is 6.04 Å². The molecule has 1 aliphatic heterocycles. The van der Waals surface area contributed by atoms with Crippen molar-refractivity contribution in [3.05, 3.63) is 23.9 Å². The molecule has 0 unspecified atom stereocenters. The average molecular weight is 219 g/mol. The first-order valence-corrected chi connectivity index (χ1v) is 6.13. The molecular weight excluding hydrogens is 198 g/mol. The molecule has 1 saturated heterocycles. The second kappa shape index (κ2) is 4.83. The topological polar surface area (TPSA) is 42.1 Å². The van der Waals surface area contributed by atoms with E-state index in [0.717, 1.165) is 24.8 Å². The van der Waals surface area contributed by atoms with E-state index in [1.165, 1.54) is 18.4 Å². The lowest BCUT2D eigenvalue weighted by atomic mass is 9.99. The predicted molar refractivity (Wildman–Crippen MR) is 67.5 cm³/mol. The van der Waals surface area contributed by atoms with Crippen LogP contribution in [0.2, 0.25) is 0 Å². The van der Waals surface area contributed by atoms with Gasteiger partial charge >= 0.3 is 0 Å². The van der Waals surface area contributed by atoms with Gasteiger partial charge < -0.3 is 10.6 Å². The standard InChI is InChI=1S/C13H21N3/c1-10-4-7-16(8-5-10)13-9-12(11(2)14)3-6-15-13/h3,6,9-11H,4-5,7-8,14H2,1-2H3/t11-/m1/s1. The SMILES string of the molecule is CC1CCN(c2cc([C@@H](C)N)ccn2)CC1. The highest BCUT2D eigenvalue weighted by atomic mass is 15.2. The quantitative estimate of drug-likeness (QED) is 0.830. The molecule has 1 fully saturated rings. The van der Waals surface area contributed by atoms with Gasteiger partial charge in [-0.05, 0) is 43.4 Å². The number of hydrogen-bond donors (Lipinski definition) is 1. The van der Waals surface area contributed by atoms with E-state index in [2.05, 4.69) is 22.9 Å². The van der Waals surface area contributed by atoms with Crippen molar-refractivity contribution < 1.29 is 0 Å². The summed E-state index contributed by atoms with van der Waals surface area (Å²) in [5, 5.41) is 0. The third kappa shape index (κ3) is 2.53. The van der Waals surface area contributed by atoms with Gasteiger partial charge in [-0.15, -0.1) is 0 Å². The van der Waals surface area contributed by atoms with Crippen LogP contribution < -0.4 is 10.6 Å². The van der Waals surface area contributed by atoms with E-state index in [1.54, 1.807) is 0 Å². The highest BCUT2D eigenvalue weighted by molar-refractivity contribution is 5.42. The Bertz CT molecular complexity index is 341. The molecular formula is C13H21N3. The lowest BCUT2D eigenvalue weighted by Gasteiger charge is -2.31. The maximum Gasteiger partial charge on any atom is 0.128 e. The summed E-state index contributed by atoms with van der Waals surface area (Å²) in [5.41, 5.74) is 7.06. The van der Waals surface area contributed by atoms with Crippen molar-refractivity contribution >= 4 is 5.82 Å². The fourth-order valence-corrected chi connectivity index (χ4v) is 2.13. The Kier molecular flexibility index (Phi) is 3.44. The van der Waals surface area contributed by atoms with E-state index >= 15 is 0 Å². The van der Waals surface area contributed by atoms with Crippen molar-refractivity contribution in [2.45, 2.75) is 32.7 Å². The van der Waals surface area contributed by atoms with Crippen molar-refractivity contribution in [1.29, 1.82) is 0 Å². The molecule has 0 saturated carbocycles. The maximum absolute atomic E-state index is 5.89. The number of nitrogens with zero attached hydrogens (tertiary/aromatic N) is 2. The summed E-state index contributed by atoms with van der Waals surface area (Å²) >= 11 is 0. The molecule has 0 radical (unpaired) electrons. The largest absolute Gasteiger partial charge is 0.357 e. The van der Waals surface area contributed by atoms with Gasteiger partial charge in [-0.2, -0.15) is 0 Å². The summed E-state index contributed by atoms with van der Waals surface area (Å²) in [6.07, 6.45) is 4.40. The van der Waals surface area contributed by atoms with Gasteiger partial charge in [0.05, 0.1) is 0 Å². The Morgan fingerprint density at radius 2 is 2.12 bits per heavy atom. The predicted octanol–water partition coefficient (Wildman–Crippen LogP) is 2.34. The van der Waals surface area contributed by atoms with Crippen LogP contribution in [0.5, 0.6) is 0 Å². The Hall–Kier alpha value is -1.09. The van der Waals surface area contributed by atoms with Crippen LogP contribution in [0.3, 0.4) is 0 Å². The van der Waals surface area contributed by atoms with Gasteiger partial charge in [0.25, 0.3) is 0 Å². The molecule has 16 heavy (non-hydrogen) atoms. The van der Waals surface area contributed by atoms with Crippen molar-refractivity contribution in [2.75, 3.05) is 18.0 Å². The minimum atomic E-state index is 0.0884. The smallest absolute Gasteiger partial charge is 0.128 e. The molecule has 1 atom stereocenters. The molecule has 2 rings (SSSR count). The minimum absolute atomic E-state index is 0.0884. The number of pyridine rings is 1. The fraction of sp³-hybridized carbons (Fsp3) is 0.615. The van der Waals surface area contributed by atoms with Crippen LogP contribution in [-0.4, -0.2) is 18.1 Å². The summed E-state index contributed by atoms with van der Waals surface area (Å²) in [7, 11) is 0. The molecule has 0 aromatic carbocycles. The molecule has 1 aliphatic rings. The van der Waals surface area contributed by atoms with E-state index < -0.39 is 0 Å². The van der Waals surface area contributed by atoms with Crippen LogP contribution in [0.1, 0.15) is 38.3 Å². The van der Waals surface area contributed by atoms with Crippen LogP contribution in [0.4, 0.5) is 5.82 Å². The second-order valence-corrected chi connectivity index (χ2v) is 4.91. The first-order valence-electron chi connectivity index (χ1n) is 6.13. The van der Waals surface area contributed by atoms with Gasteiger partial charge in [0.1, 0.15) is 5.82 Å². The lowest BCUT2D eigenvalue weighted by molar-refractivity contribution is 0.436. The molecule has 3 heteroatoms. The van der Waals surface area contributed by atoms with E-state index in [4.69, 9.17) is 5.73 Å². The lowest BCUT2D eigenvalue weighted by Crippen LogP contribution is -2.33. The highest BCUT2D eigenvalue weighted by Crippen LogP contribution is 2.22. The van der Waals surface area contributed by atoms with Gasteiger partial charge in [-0.25, -0.2) is 4.98 Å². The zero-order valence-electron chi connectivity index (χ0n) is 10.2. The van der Waals surface area contributed by atoms with Crippen LogP contribution >= 0.6 is 0 Å². The number of hydrogen-bond acceptors (Lipinski definition) is 3. The van der Waals surface area contributed by atoms with Gasteiger partial charge in [-0.1, -0.05) is 6.92 Å². The Labute approximate surface area is 97.7 Å². The average Bonchev–Trinajstić information content (AvgIpc) is 2.30. The van der Waals surface area contributed by atoms with Gasteiger partial charge in [0.2, 0.25) is 0 Å². The van der Waals surface area contributed by atoms with Crippen LogP contribution in [-0.2, 0) is 0 Å². The monoisotopic (exact) mass is 219 g/mol. The van der Waals surface area contributed by atoms with Crippen molar-refractivity contribution in [3.8, 4) is 0 Å². The fourth-order valence-electron chi connectivity index (χ4n) is 2.13. The first kappa shape index (κ1) is 11.4. The Morgan fingerprint density at radius 3 is 2.75 bits per heavy atom. The highest BCUT2D eigenvalue weighted by Gasteiger charge is 2.17. The molecule has 1 aromatic heterocycles. The molecule has 0 bridgehead atoms. The molecule has 2 heterocycles. The zero-order valence-corrected chi connectivity index (χ0v) is 10.2. The maximum atomic E-state index is 5.89. The van der Waals surface area contributed by atoms with Gasteiger partial charge in [0.15, 0.2) is 0 Å². The minimum Gasteiger partial charge on any atom is -0.357 e. The Balaban J connectivity index is 2.11. The summed E-state index contributed by atoms with van der Waals surface area (Å²) in [6.45, 7) is 6.58. The summed E-state index contributed by atoms with van der Waals surface area (Å²) in [5.74, 6) is 1.94. The van der Waals surface area contributed by atoms with Crippen molar-refractivity contribution in [3.63, 3.8) is 0 Å².